The molecule has 0 spiro atoms. The molecule has 0 fully saturated rings. The van der Waals surface area contributed by atoms with E-state index >= 15 is 0 Å². The summed E-state index contributed by atoms with van der Waals surface area (Å²) in [5.74, 6) is 0. The highest BCUT2D eigenvalue weighted by atomic mass is 14.7. The second-order valence-electron chi connectivity index (χ2n) is 5.13. The Balaban J connectivity index is 2.18. The van der Waals surface area contributed by atoms with Crippen molar-refractivity contribution < 1.29 is 0 Å². The average molecular weight is 307 g/mol. The third-order valence-electron chi connectivity index (χ3n) is 3.65. The lowest BCUT2D eigenvalue weighted by atomic mass is 9.94. The van der Waals surface area contributed by atoms with Gasteiger partial charge >= 0.3 is 0 Å². The maximum Gasteiger partial charge on any atom is 0.101 e. The van der Waals surface area contributed by atoms with Crippen molar-refractivity contribution in [2.24, 2.45) is 0 Å². The molecule has 3 aromatic rings. The van der Waals surface area contributed by atoms with Crippen LogP contribution in [0.3, 0.4) is 0 Å². The van der Waals surface area contributed by atoms with Crippen molar-refractivity contribution in [3.05, 3.63) is 89.1 Å². The van der Waals surface area contributed by atoms with Crippen LogP contribution in [0.4, 0.5) is 0 Å². The number of hydrogen-bond acceptors (Lipinski definition) is 3. The van der Waals surface area contributed by atoms with Gasteiger partial charge in [0.05, 0.1) is 16.8 Å². The van der Waals surface area contributed by atoms with E-state index in [2.05, 4.69) is 17.1 Å². The van der Waals surface area contributed by atoms with Crippen LogP contribution >= 0.6 is 0 Å². The molecule has 0 unspecified atom stereocenters. The number of hydrogen-bond donors (Lipinski definition) is 0. The summed E-state index contributed by atoms with van der Waals surface area (Å²) in [5.41, 5.74) is 3.99. The molecule has 1 aromatic heterocycles. The first kappa shape index (κ1) is 15.2. The van der Waals surface area contributed by atoms with Crippen molar-refractivity contribution >= 4 is 12.2 Å². The smallest absolute Gasteiger partial charge is 0.101 e. The molecule has 0 bridgehead atoms. The minimum atomic E-state index is 0.353. The van der Waals surface area contributed by atoms with Crippen LogP contribution < -0.4 is 0 Å². The first-order valence-electron chi connectivity index (χ1n) is 7.45. The van der Waals surface area contributed by atoms with Gasteiger partial charge < -0.3 is 0 Å². The second kappa shape index (κ2) is 7.05. The molecule has 0 N–H and O–H groups in total. The van der Waals surface area contributed by atoms with Gasteiger partial charge in [0, 0.05) is 11.8 Å². The molecule has 0 aliphatic carbocycles. The van der Waals surface area contributed by atoms with Gasteiger partial charge in [0.2, 0.25) is 0 Å². The van der Waals surface area contributed by atoms with Crippen molar-refractivity contribution in [3.8, 4) is 23.4 Å². The van der Waals surface area contributed by atoms with E-state index in [0.717, 1.165) is 11.1 Å². The lowest BCUT2D eigenvalue weighted by molar-refractivity contribution is 1.31. The highest BCUT2D eigenvalue weighted by Gasteiger charge is 2.14. The minimum absolute atomic E-state index is 0.353. The summed E-state index contributed by atoms with van der Waals surface area (Å²) >= 11 is 0. The molecule has 0 amide bonds. The Morgan fingerprint density at radius 1 is 0.792 bits per heavy atom. The van der Waals surface area contributed by atoms with Crippen LogP contribution in [0.1, 0.15) is 22.3 Å². The van der Waals surface area contributed by atoms with Crippen LogP contribution in [-0.2, 0) is 0 Å². The van der Waals surface area contributed by atoms with E-state index < -0.39 is 0 Å². The van der Waals surface area contributed by atoms with Gasteiger partial charge in [-0.2, -0.15) is 10.5 Å². The Morgan fingerprint density at radius 3 is 2.25 bits per heavy atom. The Kier molecular flexibility index (Phi) is 4.47. The van der Waals surface area contributed by atoms with E-state index in [1.54, 1.807) is 12.3 Å². The number of nitrogens with zero attached hydrogens (tertiary/aromatic N) is 3. The van der Waals surface area contributed by atoms with E-state index in [0.29, 0.717) is 22.4 Å². The number of aromatic nitrogens is 1. The van der Waals surface area contributed by atoms with Crippen molar-refractivity contribution in [2.75, 3.05) is 0 Å². The predicted molar refractivity (Wildman–Crippen MR) is 94.5 cm³/mol. The van der Waals surface area contributed by atoms with Gasteiger partial charge in [-0.25, -0.2) is 0 Å². The van der Waals surface area contributed by atoms with Crippen molar-refractivity contribution in [3.63, 3.8) is 0 Å². The van der Waals surface area contributed by atoms with Gasteiger partial charge in [-0.1, -0.05) is 54.6 Å². The minimum Gasteiger partial charge on any atom is -0.256 e. The summed E-state index contributed by atoms with van der Waals surface area (Å²) in [4.78, 5) is 4.35. The fraction of sp³-hybridized carbons (Fsp3) is 0. The number of nitriles is 2. The molecule has 1 heterocycles. The summed E-state index contributed by atoms with van der Waals surface area (Å²) in [5, 5.41) is 18.8. The SMILES string of the molecule is N#Cc1ccc(C=Cc2ccccc2)c(-c2ccccn2)c1C#N. The first-order valence-corrected chi connectivity index (χ1v) is 7.45. The topological polar surface area (TPSA) is 60.5 Å². The molecule has 0 aliphatic rings. The fourth-order valence-electron chi connectivity index (χ4n) is 2.50. The Labute approximate surface area is 140 Å². The summed E-state index contributed by atoms with van der Waals surface area (Å²) in [6.45, 7) is 0. The molecule has 3 nitrogen and oxygen atoms in total. The summed E-state index contributed by atoms with van der Waals surface area (Å²) < 4.78 is 0. The van der Waals surface area contributed by atoms with Crippen LogP contribution in [0.2, 0.25) is 0 Å². The van der Waals surface area contributed by atoms with Crippen LogP contribution in [0.15, 0.2) is 66.9 Å². The third-order valence-corrected chi connectivity index (χ3v) is 3.65. The molecule has 0 saturated carbocycles. The molecule has 2 aromatic carbocycles. The van der Waals surface area contributed by atoms with Crippen LogP contribution in [-0.4, -0.2) is 4.98 Å². The Morgan fingerprint density at radius 2 is 1.58 bits per heavy atom. The molecule has 3 heteroatoms. The highest BCUT2D eigenvalue weighted by molar-refractivity contribution is 5.84. The Hall–Kier alpha value is -3.69. The average Bonchev–Trinajstić information content (AvgIpc) is 2.67. The number of rotatable bonds is 3. The molecular formula is C21H13N3. The summed E-state index contributed by atoms with van der Waals surface area (Å²) in [7, 11) is 0. The lowest BCUT2D eigenvalue weighted by Gasteiger charge is -2.09. The molecule has 112 valence electrons. The van der Waals surface area contributed by atoms with Crippen LogP contribution in [0.25, 0.3) is 23.4 Å². The van der Waals surface area contributed by atoms with Gasteiger partial charge in [0.25, 0.3) is 0 Å². The highest BCUT2D eigenvalue weighted by Crippen LogP contribution is 2.29. The largest absolute Gasteiger partial charge is 0.256 e. The molecule has 0 saturated heterocycles. The van der Waals surface area contributed by atoms with E-state index in [-0.39, 0.29) is 0 Å². The summed E-state index contributed by atoms with van der Waals surface area (Å²) in [6.07, 6.45) is 5.61. The zero-order valence-corrected chi connectivity index (χ0v) is 12.8. The van der Waals surface area contributed by atoms with E-state index in [4.69, 9.17) is 0 Å². The second-order valence-corrected chi connectivity index (χ2v) is 5.13. The Bertz CT molecular complexity index is 960. The quantitative estimate of drug-likeness (QED) is 0.661. The van der Waals surface area contributed by atoms with Gasteiger partial charge in [-0.05, 0) is 29.3 Å². The number of pyridine rings is 1. The number of benzene rings is 2. The van der Waals surface area contributed by atoms with Crippen molar-refractivity contribution in [2.45, 2.75) is 0 Å². The zero-order valence-electron chi connectivity index (χ0n) is 12.8. The maximum absolute atomic E-state index is 9.55. The van der Waals surface area contributed by atoms with E-state index in [1.807, 2.05) is 66.7 Å². The molecule has 24 heavy (non-hydrogen) atoms. The van der Waals surface area contributed by atoms with Gasteiger partial charge in [-0.15, -0.1) is 0 Å². The first-order chi connectivity index (χ1) is 11.8. The van der Waals surface area contributed by atoms with Gasteiger partial charge in [0.15, 0.2) is 0 Å². The maximum atomic E-state index is 9.55. The molecule has 3 rings (SSSR count). The predicted octanol–water partition coefficient (Wildman–Crippen LogP) is 4.66. The lowest BCUT2D eigenvalue weighted by Crippen LogP contribution is -1.95. The molecule has 0 atom stereocenters. The fourth-order valence-corrected chi connectivity index (χ4v) is 2.50. The molecule has 0 aliphatic heterocycles. The monoisotopic (exact) mass is 307 g/mol. The normalized spacial score (nSPS) is 10.2. The zero-order chi connectivity index (χ0) is 16.8. The van der Waals surface area contributed by atoms with Crippen molar-refractivity contribution in [1.29, 1.82) is 10.5 Å². The standard InChI is InChI=1S/C21H13N3/c22-14-18-12-11-17(10-9-16-6-2-1-3-7-16)21(19(18)15-23)20-8-4-5-13-24-20/h1-13H. The third kappa shape index (κ3) is 3.06. The van der Waals surface area contributed by atoms with Crippen LogP contribution in [0.5, 0.6) is 0 Å². The van der Waals surface area contributed by atoms with Gasteiger partial charge in [-0.3, -0.25) is 4.98 Å². The molecular weight excluding hydrogens is 294 g/mol. The van der Waals surface area contributed by atoms with E-state index in [1.165, 1.54) is 0 Å². The van der Waals surface area contributed by atoms with E-state index in [9.17, 15) is 10.5 Å². The van der Waals surface area contributed by atoms with Crippen molar-refractivity contribution in [1.82, 2.24) is 4.98 Å². The summed E-state index contributed by atoms with van der Waals surface area (Å²) in [6, 6.07) is 23.2. The van der Waals surface area contributed by atoms with Gasteiger partial charge in [0.1, 0.15) is 12.1 Å². The molecule has 0 radical (unpaired) electrons. The van der Waals surface area contributed by atoms with Crippen LogP contribution in [0, 0.1) is 22.7 Å².